The van der Waals surface area contributed by atoms with E-state index in [0.29, 0.717) is 12.4 Å². The van der Waals surface area contributed by atoms with Crippen LogP contribution in [-0.4, -0.2) is 16.6 Å². The number of nitrogens with zero attached hydrogens (tertiary/aromatic N) is 1. The zero-order valence-corrected chi connectivity index (χ0v) is 19.5. The molecule has 0 aliphatic carbocycles. The highest BCUT2D eigenvalue weighted by molar-refractivity contribution is 5.85. The van der Waals surface area contributed by atoms with E-state index < -0.39 is 0 Å². The molecule has 4 aromatic carbocycles. The summed E-state index contributed by atoms with van der Waals surface area (Å²) in [4.78, 5) is 4.99. The van der Waals surface area contributed by atoms with E-state index in [1.165, 1.54) is 0 Å². The van der Waals surface area contributed by atoms with Gasteiger partial charge in [0.15, 0.2) is 5.76 Å². The van der Waals surface area contributed by atoms with Gasteiger partial charge in [-0.25, -0.2) is 4.98 Å². The van der Waals surface area contributed by atoms with Crippen LogP contribution in [0.3, 0.4) is 0 Å². The van der Waals surface area contributed by atoms with Crippen molar-refractivity contribution < 1.29 is 9.52 Å². The molecule has 1 aromatic heterocycles. The zero-order valence-electron chi connectivity index (χ0n) is 19.5. The van der Waals surface area contributed by atoms with Crippen LogP contribution in [0.1, 0.15) is 5.56 Å². The van der Waals surface area contributed by atoms with Crippen LogP contribution in [0, 0.1) is 6.92 Å². The fourth-order valence-corrected chi connectivity index (χ4v) is 4.11. The van der Waals surface area contributed by atoms with Gasteiger partial charge in [-0.3, -0.25) is 0 Å². The molecule has 0 saturated carbocycles. The highest BCUT2D eigenvalue weighted by Crippen LogP contribution is 2.39. The number of aliphatic hydroxyl groups excluding tert-OH is 1. The van der Waals surface area contributed by atoms with E-state index in [2.05, 4.69) is 36.2 Å². The average molecular weight is 459 g/mol. The normalized spacial score (nSPS) is 10.8. The lowest BCUT2D eigenvalue weighted by molar-refractivity contribution is 0.410. The maximum Gasteiger partial charge on any atom is 0.227 e. The molecule has 4 nitrogen and oxygen atoms in total. The van der Waals surface area contributed by atoms with Gasteiger partial charge in [0.1, 0.15) is 11.5 Å². The van der Waals surface area contributed by atoms with Gasteiger partial charge >= 0.3 is 0 Å². The lowest BCUT2D eigenvalue weighted by atomic mass is 9.97. The number of benzene rings is 4. The molecule has 5 aromatic rings. The fourth-order valence-electron chi connectivity index (χ4n) is 4.11. The third-order valence-electron chi connectivity index (χ3n) is 5.90. The number of hydrogen-bond donors (Lipinski definition) is 2. The van der Waals surface area contributed by atoms with Gasteiger partial charge in [0.05, 0.1) is 6.54 Å². The Morgan fingerprint density at radius 1 is 0.800 bits per heavy atom. The van der Waals surface area contributed by atoms with Crippen LogP contribution in [-0.2, 0) is 0 Å². The standard InChI is InChI=1S/C31H26N2O2/c1-21-17-18-25(19-28(21)32-20-22(2)34)26-15-9-10-16-27(26)31-33-29(23-11-5-3-6-12-23)30(35-31)24-13-7-4-8-14-24/h3-19,32,34H,2,20H2,1H3. The second-order valence-corrected chi connectivity index (χ2v) is 8.42. The monoisotopic (exact) mass is 458 g/mol. The van der Waals surface area contributed by atoms with Gasteiger partial charge in [0.2, 0.25) is 5.89 Å². The van der Waals surface area contributed by atoms with Crippen molar-refractivity contribution in [2.75, 3.05) is 11.9 Å². The largest absolute Gasteiger partial charge is 0.511 e. The van der Waals surface area contributed by atoms with E-state index in [1.54, 1.807) is 0 Å². The van der Waals surface area contributed by atoms with Crippen LogP contribution in [0.5, 0.6) is 0 Å². The van der Waals surface area contributed by atoms with E-state index in [4.69, 9.17) is 9.40 Å². The molecular formula is C31H26N2O2. The Balaban J connectivity index is 1.63. The maximum atomic E-state index is 9.52. The van der Waals surface area contributed by atoms with E-state index in [9.17, 15) is 5.11 Å². The Morgan fingerprint density at radius 2 is 1.43 bits per heavy atom. The second kappa shape index (κ2) is 9.74. The van der Waals surface area contributed by atoms with Gasteiger partial charge in [0, 0.05) is 22.4 Å². The maximum absolute atomic E-state index is 9.52. The summed E-state index contributed by atoms with van der Waals surface area (Å²) >= 11 is 0. The third-order valence-corrected chi connectivity index (χ3v) is 5.90. The quantitative estimate of drug-likeness (QED) is 0.242. The fraction of sp³-hybridized carbons (Fsp3) is 0.0645. The Morgan fingerprint density at radius 3 is 2.11 bits per heavy atom. The lowest BCUT2D eigenvalue weighted by Gasteiger charge is -2.13. The molecule has 0 unspecified atom stereocenters. The van der Waals surface area contributed by atoms with Crippen LogP contribution in [0.15, 0.2) is 120 Å². The predicted molar refractivity (Wildman–Crippen MR) is 143 cm³/mol. The Labute approximate surface area is 205 Å². The SMILES string of the molecule is C=C(O)CNc1cc(-c2ccccc2-c2nc(-c3ccccc3)c(-c3ccccc3)o2)ccc1C. The van der Waals surface area contributed by atoms with Crippen LogP contribution in [0.25, 0.3) is 45.2 Å². The molecule has 2 N–H and O–H groups in total. The smallest absolute Gasteiger partial charge is 0.227 e. The number of hydrogen-bond acceptors (Lipinski definition) is 4. The molecule has 0 aliphatic heterocycles. The van der Waals surface area contributed by atoms with Gasteiger partial charge in [-0.1, -0.05) is 97.6 Å². The number of nitrogens with one attached hydrogen (secondary N) is 1. The van der Waals surface area contributed by atoms with Crippen LogP contribution in [0.4, 0.5) is 5.69 Å². The van der Waals surface area contributed by atoms with Crippen molar-refractivity contribution in [2.45, 2.75) is 6.92 Å². The van der Waals surface area contributed by atoms with E-state index in [0.717, 1.165) is 50.5 Å². The Bertz CT molecular complexity index is 1410. The van der Waals surface area contributed by atoms with Gasteiger partial charge in [-0.2, -0.15) is 0 Å². The van der Waals surface area contributed by atoms with Crippen LogP contribution < -0.4 is 5.32 Å². The summed E-state index contributed by atoms with van der Waals surface area (Å²) in [6.45, 7) is 5.90. The second-order valence-electron chi connectivity index (χ2n) is 8.42. The van der Waals surface area contributed by atoms with Crippen molar-refractivity contribution in [1.82, 2.24) is 4.98 Å². The molecule has 172 valence electrons. The number of aryl methyl sites for hydroxylation is 1. The lowest BCUT2D eigenvalue weighted by Crippen LogP contribution is -2.04. The van der Waals surface area contributed by atoms with Crippen LogP contribution in [0.2, 0.25) is 0 Å². The minimum atomic E-state index is 0.0943. The van der Waals surface area contributed by atoms with E-state index in [-0.39, 0.29) is 5.76 Å². The molecule has 35 heavy (non-hydrogen) atoms. The average Bonchev–Trinajstić information content (AvgIpc) is 3.35. The van der Waals surface area contributed by atoms with Gasteiger partial charge in [-0.05, 0) is 35.7 Å². The molecule has 0 saturated heterocycles. The van der Waals surface area contributed by atoms with Crippen molar-refractivity contribution in [2.24, 2.45) is 0 Å². The number of anilines is 1. The number of aromatic nitrogens is 1. The molecule has 0 aliphatic rings. The van der Waals surface area contributed by atoms with Crippen molar-refractivity contribution in [1.29, 1.82) is 0 Å². The first-order chi connectivity index (χ1) is 17.1. The number of aliphatic hydroxyl groups is 1. The van der Waals surface area contributed by atoms with E-state index in [1.807, 2.05) is 85.8 Å². The summed E-state index contributed by atoms with van der Waals surface area (Å²) < 4.78 is 6.47. The van der Waals surface area contributed by atoms with Crippen molar-refractivity contribution in [3.8, 4) is 45.2 Å². The highest BCUT2D eigenvalue weighted by Gasteiger charge is 2.20. The molecule has 4 heteroatoms. The summed E-state index contributed by atoms with van der Waals surface area (Å²) in [5.41, 5.74) is 7.77. The first kappa shape index (κ1) is 22.2. The predicted octanol–water partition coefficient (Wildman–Crippen LogP) is 8.13. The summed E-state index contributed by atoms with van der Waals surface area (Å²) in [6.07, 6.45) is 0. The van der Waals surface area contributed by atoms with Gasteiger partial charge in [-0.15, -0.1) is 0 Å². The van der Waals surface area contributed by atoms with E-state index >= 15 is 0 Å². The molecule has 5 rings (SSSR count). The topological polar surface area (TPSA) is 58.3 Å². The summed E-state index contributed by atoms with van der Waals surface area (Å²) in [6, 6.07) is 34.5. The molecule has 0 bridgehead atoms. The zero-order chi connectivity index (χ0) is 24.2. The first-order valence-corrected chi connectivity index (χ1v) is 11.5. The van der Waals surface area contributed by atoms with Gasteiger partial charge < -0.3 is 14.8 Å². The number of oxazole rings is 1. The minimum Gasteiger partial charge on any atom is -0.511 e. The van der Waals surface area contributed by atoms with Crippen molar-refractivity contribution in [3.63, 3.8) is 0 Å². The van der Waals surface area contributed by atoms with Gasteiger partial charge in [0.25, 0.3) is 0 Å². The Kier molecular flexibility index (Phi) is 6.18. The molecular weight excluding hydrogens is 432 g/mol. The van der Waals surface area contributed by atoms with Crippen molar-refractivity contribution in [3.05, 3.63) is 121 Å². The molecule has 0 fully saturated rings. The molecule has 0 radical (unpaired) electrons. The molecule has 0 atom stereocenters. The minimum absolute atomic E-state index is 0.0943. The third kappa shape index (κ3) is 4.73. The molecule has 0 amide bonds. The van der Waals surface area contributed by atoms with Crippen LogP contribution >= 0.6 is 0 Å². The molecule has 1 heterocycles. The molecule has 0 spiro atoms. The Hall–Kier alpha value is -4.57. The summed E-state index contributed by atoms with van der Waals surface area (Å²) in [5.74, 6) is 1.41. The highest BCUT2D eigenvalue weighted by atomic mass is 16.4. The summed E-state index contributed by atoms with van der Waals surface area (Å²) in [5, 5.41) is 12.8. The first-order valence-electron chi connectivity index (χ1n) is 11.5. The summed E-state index contributed by atoms with van der Waals surface area (Å²) in [7, 11) is 0. The number of rotatable bonds is 7. The van der Waals surface area contributed by atoms with Crippen molar-refractivity contribution >= 4 is 5.69 Å².